The van der Waals surface area contributed by atoms with E-state index in [4.69, 9.17) is 0 Å². The van der Waals surface area contributed by atoms with E-state index in [2.05, 4.69) is 15.5 Å². The summed E-state index contributed by atoms with van der Waals surface area (Å²) in [6.07, 6.45) is -0.0541. The van der Waals surface area contributed by atoms with Crippen LogP contribution in [-0.2, 0) is 9.57 Å². The molecule has 0 atom stereocenters. The van der Waals surface area contributed by atoms with Crippen LogP contribution in [0.25, 0.3) is 0 Å². The summed E-state index contributed by atoms with van der Waals surface area (Å²) in [5, 5.41) is 0. The van der Waals surface area contributed by atoms with Gasteiger partial charge in [-0.05, 0) is 6.42 Å². The highest BCUT2D eigenvalue weighted by molar-refractivity contribution is 5.59. The highest BCUT2D eigenvalue weighted by Gasteiger charge is 1.96. The molecule has 0 aromatic carbocycles. The van der Waals surface area contributed by atoms with E-state index < -0.39 is 6.16 Å². The molecular formula is C4H9NO3. The van der Waals surface area contributed by atoms with E-state index in [1.54, 1.807) is 0 Å². The van der Waals surface area contributed by atoms with Crippen molar-refractivity contribution in [2.45, 2.75) is 13.3 Å². The lowest BCUT2D eigenvalue weighted by Gasteiger charge is -1.96. The Balaban J connectivity index is 2.99. The zero-order valence-corrected chi connectivity index (χ0v) is 4.72. The van der Waals surface area contributed by atoms with Crippen LogP contribution in [0, 0.1) is 0 Å². The molecular weight excluding hydrogens is 110 g/mol. The number of ether oxygens (including phenoxy) is 1. The van der Waals surface area contributed by atoms with Crippen LogP contribution in [0.1, 0.15) is 13.3 Å². The SMILES string of the molecule is CCCOC(=O)ON. The van der Waals surface area contributed by atoms with Crippen LogP contribution in [0.5, 0.6) is 0 Å². The van der Waals surface area contributed by atoms with E-state index in [0.29, 0.717) is 6.61 Å². The Kier molecular flexibility index (Phi) is 3.97. The molecule has 4 nitrogen and oxygen atoms in total. The Hall–Kier alpha value is -0.770. The molecule has 0 aliphatic heterocycles. The van der Waals surface area contributed by atoms with Gasteiger partial charge in [0, 0.05) is 0 Å². The maximum Gasteiger partial charge on any atom is 0.527 e. The summed E-state index contributed by atoms with van der Waals surface area (Å²) in [6.45, 7) is 2.24. The Morgan fingerprint density at radius 3 is 2.75 bits per heavy atom. The molecule has 0 saturated heterocycles. The van der Waals surface area contributed by atoms with E-state index in [1.165, 1.54) is 0 Å². The van der Waals surface area contributed by atoms with Crippen LogP contribution in [-0.4, -0.2) is 12.8 Å². The average molecular weight is 119 g/mol. The summed E-state index contributed by atoms with van der Waals surface area (Å²) in [4.78, 5) is 13.7. The molecule has 0 aromatic rings. The molecule has 0 aromatic heterocycles. The first-order valence-corrected chi connectivity index (χ1v) is 2.34. The smallest absolute Gasteiger partial charge is 0.433 e. The number of hydrogen-bond donors (Lipinski definition) is 1. The molecule has 0 radical (unpaired) electrons. The van der Waals surface area contributed by atoms with Crippen LogP contribution in [0.4, 0.5) is 4.79 Å². The summed E-state index contributed by atoms with van der Waals surface area (Å²) in [6, 6.07) is 0. The summed E-state index contributed by atoms with van der Waals surface area (Å²) in [5.74, 6) is 4.44. The quantitative estimate of drug-likeness (QED) is 0.422. The van der Waals surface area contributed by atoms with Crippen LogP contribution in [0.2, 0.25) is 0 Å². The van der Waals surface area contributed by atoms with E-state index in [9.17, 15) is 4.79 Å². The lowest BCUT2D eigenvalue weighted by atomic mass is 10.5. The Morgan fingerprint density at radius 2 is 2.38 bits per heavy atom. The van der Waals surface area contributed by atoms with Crippen molar-refractivity contribution in [2.24, 2.45) is 5.90 Å². The second kappa shape index (κ2) is 4.39. The van der Waals surface area contributed by atoms with Crippen LogP contribution in [0.15, 0.2) is 0 Å². The van der Waals surface area contributed by atoms with Crippen LogP contribution < -0.4 is 5.90 Å². The molecule has 0 heterocycles. The third kappa shape index (κ3) is 3.42. The third-order valence-electron chi connectivity index (χ3n) is 0.520. The third-order valence-corrected chi connectivity index (χ3v) is 0.520. The largest absolute Gasteiger partial charge is 0.527 e. The van der Waals surface area contributed by atoms with Crippen molar-refractivity contribution in [3.8, 4) is 0 Å². The van der Waals surface area contributed by atoms with Crippen LogP contribution in [0.3, 0.4) is 0 Å². The van der Waals surface area contributed by atoms with E-state index in [-0.39, 0.29) is 0 Å². The lowest BCUT2D eigenvalue weighted by molar-refractivity contribution is 0.0553. The molecule has 0 aliphatic rings. The van der Waals surface area contributed by atoms with Crippen molar-refractivity contribution in [1.29, 1.82) is 0 Å². The van der Waals surface area contributed by atoms with Gasteiger partial charge in [0.2, 0.25) is 0 Å². The van der Waals surface area contributed by atoms with Crippen molar-refractivity contribution in [3.05, 3.63) is 0 Å². The van der Waals surface area contributed by atoms with E-state index >= 15 is 0 Å². The lowest BCUT2D eigenvalue weighted by Crippen LogP contribution is -2.11. The molecule has 0 spiro atoms. The fourth-order valence-electron chi connectivity index (χ4n) is 0.219. The van der Waals surface area contributed by atoms with Gasteiger partial charge in [0.1, 0.15) is 0 Å². The fourth-order valence-corrected chi connectivity index (χ4v) is 0.219. The van der Waals surface area contributed by atoms with E-state index in [1.807, 2.05) is 6.92 Å². The number of rotatable bonds is 2. The van der Waals surface area contributed by atoms with Crippen molar-refractivity contribution in [1.82, 2.24) is 0 Å². The van der Waals surface area contributed by atoms with Crippen molar-refractivity contribution < 1.29 is 14.4 Å². The van der Waals surface area contributed by atoms with Gasteiger partial charge in [-0.25, -0.2) is 4.79 Å². The molecule has 2 N–H and O–H groups in total. The highest BCUT2D eigenvalue weighted by Crippen LogP contribution is 1.81. The van der Waals surface area contributed by atoms with E-state index in [0.717, 1.165) is 6.42 Å². The molecule has 0 fully saturated rings. The average Bonchev–Trinajstić information content (AvgIpc) is 1.83. The van der Waals surface area contributed by atoms with Gasteiger partial charge in [-0.15, -0.1) is 0 Å². The summed E-state index contributed by atoms with van der Waals surface area (Å²) >= 11 is 0. The molecule has 0 rings (SSSR count). The van der Waals surface area contributed by atoms with Crippen molar-refractivity contribution in [3.63, 3.8) is 0 Å². The molecule has 0 saturated carbocycles. The second-order valence-corrected chi connectivity index (χ2v) is 1.22. The number of hydrogen-bond acceptors (Lipinski definition) is 4. The van der Waals surface area contributed by atoms with Gasteiger partial charge in [0.05, 0.1) is 6.61 Å². The number of carbonyl (C=O) groups is 1. The minimum absolute atomic E-state index is 0.357. The minimum atomic E-state index is -0.827. The van der Waals surface area contributed by atoms with Crippen LogP contribution >= 0.6 is 0 Å². The second-order valence-electron chi connectivity index (χ2n) is 1.22. The summed E-state index contributed by atoms with van der Waals surface area (Å²) in [5.41, 5.74) is 0. The molecule has 8 heavy (non-hydrogen) atoms. The Labute approximate surface area is 47.5 Å². The van der Waals surface area contributed by atoms with Gasteiger partial charge in [-0.3, -0.25) is 0 Å². The normalized spacial score (nSPS) is 8.25. The number of nitrogens with two attached hydrogens (primary N) is 1. The fraction of sp³-hybridized carbons (Fsp3) is 0.750. The molecule has 0 amide bonds. The van der Waals surface area contributed by atoms with Gasteiger partial charge in [-0.2, -0.15) is 5.90 Å². The summed E-state index contributed by atoms with van der Waals surface area (Å²) < 4.78 is 4.35. The Bertz CT molecular complexity index is 73.7. The van der Waals surface area contributed by atoms with Gasteiger partial charge in [-0.1, -0.05) is 6.92 Å². The van der Waals surface area contributed by atoms with Crippen molar-refractivity contribution in [2.75, 3.05) is 6.61 Å². The minimum Gasteiger partial charge on any atom is -0.433 e. The first kappa shape index (κ1) is 7.23. The topological polar surface area (TPSA) is 61.5 Å². The predicted octanol–water partition coefficient (Wildman–Crippen LogP) is 0.423. The molecule has 0 aliphatic carbocycles. The Morgan fingerprint density at radius 1 is 1.75 bits per heavy atom. The molecule has 48 valence electrons. The monoisotopic (exact) mass is 119 g/mol. The maximum atomic E-state index is 10.0. The van der Waals surface area contributed by atoms with Gasteiger partial charge >= 0.3 is 6.16 Å². The van der Waals surface area contributed by atoms with Crippen molar-refractivity contribution >= 4 is 6.16 Å². The maximum absolute atomic E-state index is 10.0. The molecule has 0 bridgehead atoms. The zero-order valence-electron chi connectivity index (χ0n) is 4.72. The van der Waals surface area contributed by atoms with Gasteiger partial charge < -0.3 is 9.57 Å². The first-order chi connectivity index (χ1) is 3.81. The molecule has 0 unspecified atom stereocenters. The first-order valence-electron chi connectivity index (χ1n) is 2.34. The standard InChI is InChI=1S/C4H9NO3/c1-2-3-7-4(6)8-5/h2-3,5H2,1H3. The zero-order chi connectivity index (χ0) is 6.41. The summed E-state index contributed by atoms with van der Waals surface area (Å²) in [7, 11) is 0. The highest BCUT2D eigenvalue weighted by atomic mass is 16.8. The van der Waals surface area contributed by atoms with Gasteiger partial charge in [0.25, 0.3) is 0 Å². The van der Waals surface area contributed by atoms with Gasteiger partial charge in [0.15, 0.2) is 0 Å². The predicted molar refractivity (Wildman–Crippen MR) is 26.9 cm³/mol. The molecule has 4 heteroatoms. The number of carbonyl (C=O) groups excluding carboxylic acids is 1.